The van der Waals surface area contributed by atoms with Gasteiger partial charge in [0, 0.05) is 11.3 Å². The van der Waals surface area contributed by atoms with Gasteiger partial charge in [-0.15, -0.1) is 0 Å². The number of nitrogen functional groups attached to an aromatic ring is 1. The molecule has 1 aromatic carbocycles. The first-order valence-electron chi connectivity index (χ1n) is 5.85. The second kappa shape index (κ2) is 6.31. The van der Waals surface area contributed by atoms with Gasteiger partial charge in [0.05, 0.1) is 15.8 Å². The molecule has 0 aromatic heterocycles. The van der Waals surface area contributed by atoms with Crippen molar-refractivity contribution in [3.05, 3.63) is 35.0 Å². The molecule has 1 saturated heterocycles. The average Bonchev–Trinajstić information content (AvgIpc) is 2.51. The van der Waals surface area contributed by atoms with E-state index in [-0.39, 0.29) is 29.6 Å². The van der Waals surface area contributed by atoms with Crippen LogP contribution in [-0.4, -0.2) is 26.1 Å². The minimum absolute atomic E-state index is 0. The molecule has 2 atom stereocenters. The number of para-hydroxylation sites is 1. The summed E-state index contributed by atoms with van der Waals surface area (Å²) in [7, 11) is -3.91. The Kier molecular flexibility index (Phi) is 5.65. The van der Waals surface area contributed by atoms with Crippen molar-refractivity contribution in [3.63, 3.8) is 0 Å². The summed E-state index contributed by atoms with van der Waals surface area (Å²) in [6.45, 7) is 3.41. The van der Waals surface area contributed by atoms with E-state index >= 15 is 0 Å². The van der Waals surface area contributed by atoms with Gasteiger partial charge in [0.2, 0.25) is 0 Å². The molecular weight excluding hydrogens is 291 g/mol. The molecule has 8 heteroatoms. The summed E-state index contributed by atoms with van der Waals surface area (Å²) in [5, 5.41) is 7.04. The Morgan fingerprint density at radius 2 is 1.90 bits per heavy atom. The third-order valence-corrected chi connectivity index (χ3v) is 3.64. The average molecular weight is 308 g/mol. The third-order valence-electron chi connectivity index (χ3n) is 2.87. The zero-order chi connectivity index (χ0) is 14.3. The summed E-state index contributed by atoms with van der Waals surface area (Å²) in [6, 6.07) is 7.08. The summed E-state index contributed by atoms with van der Waals surface area (Å²) in [4.78, 5) is 0. The van der Waals surface area contributed by atoms with Crippen molar-refractivity contribution in [2.45, 2.75) is 31.8 Å². The zero-order valence-corrected chi connectivity index (χ0v) is 14.6. The Labute approximate surface area is 141 Å². The van der Waals surface area contributed by atoms with Crippen molar-refractivity contribution in [1.29, 1.82) is 0 Å². The van der Waals surface area contributed by atoms with Crippen molar-refractivity contribution in [2.24, 2.45) is 0 Å². The van der Waals surface area contributed by atoms with Gasteiger partial charge in [-0.1, -0.05) is 18.2 Å². The van der Waals surface area contributed by atoms with Crippen LogP contribution in [0.2, 0.25) is 0 Å². The Morgan fingerprint density at radius 3 is 2.45 bits per heavy atom. The van der Waals surface area contributed by atoms with E-state index in [1.807, 2.05) is 0 Å². The second-order valence-electron chi connectivity index (χ2n) is 5.00. The molecule has 106 valence electrons. The number of hydrogen-bond acceptors (Lipinski definition) is 5. The predicted molar refractivity (Wildman–Crippen MR) is 71.7 cm³/mol. The number of ether oxygens (including phenoxy) is 2. The third kappa shape index (κ3) is 4.42. The van der Waals surface area contributed by atoms with Gasteiger partial charge < -0.3 is 20.3 Å². The molecule has 2 rings (SSSR count). The molecular formula is C12H17N2NaO4S. The normalized spacial score (nSPS) is 25.1. The van der Waals surface area contributed by atoms with Crippen LogP contribution < -0.4 is 35.3 Å². The van der Waals surface area contributed by atoms with Crippen LogP contribution in [0.25, 0.3) is 5.14 Å². The Hall–Kier alpha value is -0.150. The topological polar surface area (TPSA) is 102 Å². The maximum absolute atomic E-state index is 11.2. The van der Waals surface area contributed by atoms with E-state index in [2.05, 4.69) is 0 Å². The minimum atomic E-state index is -3.91. The number of nitrogens with two attached hydrogens (primary N) is 1. The van der Waals surface area contributed by atoms with Gasteiger partial charge in [-0.05, 0) is 19.9 Å². The molecule has 0 radical (unpaired) electrons. The van der Waals surface area contributed by atoms with Crippen LogP contribution in [0.15, 0.2) is 24.3 Å². The molecule has 1 aromatic rings. The van der Waals surface area contributed by atoms with E-state index in [9.17, 15) is 8.42 Å². The number of benzene rings is 1. The molecule has 0 spiro atoms. The summed E-state index contributed by atoms with van der Waals surface area (Å²) in [5.41, 5.74) is 7.08. The molecule has 0 aliphatic carbocycles. The van der Waals surface area contributed by atoms with Gasteiger partial charge in [-0.25, -0.2) is 8.42 Å². The number of anilines is 1. The van der Waals surface area contributed by atoms with E-state index in [0.717, 1.165) is 0 Å². The Bertz CT molecular complexity index is 577. The molecule has 1 heterocycles. The van der Waals surface area contributed by atoms with Crippen LogP contribution >= 0.6 is 0 Å². The largest absolute Gasteiger partial charge is 1.00 e. The maximum atomic E-state index is 11.2. The minimum Gasteiger partial charge on any atom is -0.564 e. The molecule has 20 heavy (non-hydrogen) atoms. The first-order valence-corrected chi connectivity index (χ1v) is 7.50. The molecule has 0 saturated carbocycles. The summed E-state index contributed by atoms with van der Waals surface area (Å²) in [6.07, 6.45) is -1.32. The first-order chi connectivity index (χ1) is 8.68. The van der Waals surface area contributed by atoms with Crippen molar-refractivity contribution >= 4 is 15.7 Å². The summed E-state index contributed by atoms with van der Waals surface area (Å²) in [5.74, 6) is -1.32. The van der Waals surface area contributed by atoms with E-state index in [4.69, 9.17) is 20.3 Å². The van der Waals surface area contributed by atoms with Crippen LogP contribution in [0.3, 0.4) is 0 Å². The fourth-order valence-electron chi connectivity index (χ4n) is 2.21. The molecule has 0 amide bonds. The van der Waals surface area contributed by atoms with Gasteiger partial charge in [0.1, 0.15) is 12.2 Å². The fraction of sp³-hybridized carbons (Fsp3) is 0.500. The van der Waals surface area contributed by atoms with E-state index in [1.165, 1.54) is 0 Å². The molecule has 0 unspecified atom stereocenters. The molecule has 0 bridgehead atoms. The smallest absolute Gasteiger partial charge is 0.564 e. The number of nitrogens with one attached hydrogen (secondary N) is 1. The van der Waals surface area contributed by atoms with Crippen molar-refractivity contribution in [2.75, 3.05) is 11.5 Å². The van der Waals surface area contributed by atoms with Crippen molar-refractivity contribution in [1.82, 2.24) is 0 Å². The van der Waals surface area contributed by atoms with Crippen molar-refractivity contribution < 1.29 is 47.4 Å². The summed E-state index contributed by atoms with van der Waals surface area (Å²) >= 11 is 0. The van der Waals surface area contributed by atoms with Gasteiger partial charge >= 0.3 is 29.6 Å². The summed E-state index contributed by atoms with van der Waals surface area (Å²) < 4.78 is 33.6. The fourth-order valence-corrected chi connectivity index (χ4v) is 2.88. The van der Waals surface area contributed by atoms with Gasteiger partial charge in [-0.2, -0.15) is 0 Å². The van der Waals surface area contributed by atoms with Gasteiger partial charge in [0.15, 0.2) is 5.79 Å². The molecule has 6 nitrogen and oxygen atoms in total. The Morgan fingerprint density at radius 1 is 1.30 bits per heavy atom. The predicted octanol–water partition coefficient (Wildman–Crippen LogP) is -1.15. The number of rotatable bonds is 3. The van der Waals surface area contributed by atoms with Crippen LogP contribution in [-0.2, 0) is 19.5 Å². The van der Waals surface area contributed by atoms with E-state index < -0.39 is 33.8 Å². The van der Waals surface area contributed by atoms with Crippen molar-refractivity contribution in [3.8, 4) is 0 Å². The van der Waals surface area contributed by atoms with E-state index in [0.29, 0.717) is 11.3 Å². The van der Waals surface area contributed by atoms with Gasteiger partial charge in [-0.3, -0.25) is 0 Å². The monoisotopic (exact) mass is 308 g/mol. The van der Waals surface area contributed by atoms with Gasteiger partial charge in [0.25, 0.3) is 0 Å². The second-order valence-corrected chi connectivity index (χ2v) is 6.57. The zero-order valence-electron chi connectivity index (χ0n) is 11.8. The first kappa shape index (κ1) is 17.9. The van der Waals surface area contributed by atoms with Crippen LogP contribution in [0.5, 0.6) is 0 Å². The quantitative estimate of drug-likeness (QED) is 0.561. The van der Waals surface area contributed by atoms with Crippen LogP contribution in [0.1, 0.15) is 25.5 Å². The number of sulfonamides is 1. The van der Waals surface area contributed by atoms with Crippen LogP contribution in [0, 0.1) is 0 Å². The Balaban J connectivity index is 0.00000200. The molecule has 1 aliphatic rings. The number of hydrogen-bond donors (Lipinski definition) is 1. The molecule has 3 N–H and O–H groups in total. The SMILES string of the molecule is CC1(C)O[C@H](CS([NH-])(=O)=O)[C@H](c2ccccc2N)O1.[Na+]. The van der Waals surface area contributed by atoms with Crippen LogP contribution in [0.4, 0.5) is 5.69 Å². The van der Waals surface area contributed by atoms with E-state index in [1.54, 1.807) is 38.1 Å². The molecule has 1 aliphatic heterocycles. The maximum Gasteiger partial charge on any atom is 1.00 e. The standard InChI is InChI=1S/C12H17N2O4S.Na/c1-12(2)17-10(7-19(14,15)16)11(18-12)8-5-3-4-6-9(8)13;/h3-6,10-11H,7,13H2,1-2H3,(H-,14,15,16);/q-1;+1/t10-,11+;/m1./s1. The molecule has 1 fully saturated rings.